The zero-order valence-corrected chi connectivity index (χ0v) is 7.42. The van der Waals surface area contributed by atoms with Crippen LogP contribution in [0.1, 0.15) is 26.7 Å². The van der Waals surface area contributed by atoms with Crippen LogP contribution in [0.2, 0.25) is 0 Å². The van der Waals surface area contributed by atoms with E-state index in [2.05, 4.69) is 6.92 Å². The van der Waals surface area contributed by atoms with E-state index in [1.165, 1.54) is 6.42 Å². The molecule has 1 rings (SSSR count). The van der Waals surface area contributed by atoms with Crippen LogP contribution in [-0.2, 0) is 4.74 Å². The van der Waals surface area contributed by atoms with Gasteiger partial charge in [-0.3, -0.25) is 0 Å². The Labute approximate surface area is 68.6 Å². The number of ether oxygens (including phenoxy) is 1. The monoisotopic (exact) mass is 158 g/mol. The fourth-order valence-electron chi connectivity index (χ4n) is 1.73. The van der Waals surface area contributed by atoms with Gasteiger partial charge >= 0.3 is 0 Å². The van der Waals surface area contributed by atoms with Crippen molar-refractivity contribution in [2.24, 2.45) is 11.8 Å². The molecule has 1 aliphatic rings. The third kappa shape index (κ3) is 2.80. The molecule has 1 saturated heterocycles. The molecule has 2 nitrogen and oxygen atoms in total. The Morgan fingerprint density at radius 3 is 2.73 bits per heavy atom. The lowest BCUT2D eigenvalue weighted by Gasteiger charge is -2.18. The molecule has 0 saturated carbocycles. The van der Waals surface area contributed by atoms with Crippen molar-refractivity contribution in [2.75, 3.05) is 13.2 Å². The summed E-state index contributed by atoms with van der Waals surface area (Å²) < 4.78 is 5.28. The predicted molar refractivity (Wildman–Crippen MR) is 44.4 cm³/mol. The number of rotatable bonds is 3. The summed E-state index contributed by atoms with van der Waals surface area (Å²) in [6.07, 6.45) is 1.92. The highest BCUT2D eigenvalue weighted by Crippen LogP contribution is 2.24. The molecule has 3 atom stereocenters. The lowest BCUT2D eigenvalue weighted by atomic mass is 9.89. The number of hydrogen-bond acceptors (Lipinski definition) is 2. The zero-order chi connectivity index (χ0) is 8.27. The topological polar surface area (TPSA) is 29.5 Å². The summed E-state index contributed by atoms with van der Waals surface area (Å²) in [6, 6.07) is 0. The minimum Gasteiger partial charge on any atom is -0.393 e. The molecule has 1 aliphatic heterocycles. The summed E-state index contributed by atoms with van der Waals surface area (Å²) in [6.45, 7) is 5.86. The SMILES string of the molecule is CC(O)CC(C)C1CCOC1. The van der Waals surface area contributed by atoms with Gasteiger partial charge in [-0.1, -0.05) is 6.92 Å². The van der Waals surface area contributed by atoms with E-state index in [0.29, 0.717) is 11.8 Å². The molecule has 0 aromatic heterocycles. The molecule has 0 aromatic rings. The third-order valence-electron chi connectivity index (χ3n) is 2.48. The van der Waals surface area contributed by atoms with Crippen molar-refractivity contribution < 1.29 is 9.84 Å². The fourth-order valence-corrected chi connectivity index (χ4v) is 1.73. The summed E-state index contributed by atoms with van der Waals surface area (Å²) in [7, 11) is 0. The van der Waals surface area contributed by atoms with Crippen molar-refractivity contribution in [3.8, 4) is 0 Å². The van der Waals surface area contributed by atoms with Gasteiger partial charge in [0.25, 0.3) is 0 Å². The summed E-state index contributed by atoms with van der Waals surface area (Å²) in [5, 5.41) is 9.14. The Morgan fingerprint density at radius 1 is 1.55 bits per heavy atom. The molecule has 0 spiro atoms. The van der Waals surface area contributed by atoms with E-state index in [9.17, 15) is 0 Å². The molecular weight excluding hydrogens is 140 g/mol. The van der Waals surface area contributed by atoms with Gasteiger partial charge in [0.05, 0.1) is 6.10 Å². The first kappa shape index (κ1) is 9.01. The van der Waals surface area contributed by atoms with Gasteiger partial charge in [0, 0.05) is 13.2 Å². The van der Waals surface area contributed by atoms with Crippen LogP contribution in [0.5, 0.6) is 0 Å². The van der Waals surface area contributed by atoms with Gasteiger partial charge in [0.1, 0.15) is 0 Å². The van der Waals surface area contributed by atoms with Gasteiger partial charge in [-0.2, -0.15) is 0 Å². The van der Waals surface area contributed by atoms with Gasteiger partial charge in [0.15, 0.2) is 0 Å². The summed E-state index contributed by atoms with van der Waals surface area (Å²) in [5.74, 6) is 1.29. The standard InChI is InChI=1S/C9H18O2/c1-7(5-8(2)10)9-3-4-11-6-9/h7-10H,3-6H2,1-2H3. The normalized spacial score (nSPS) is 30.3. The van der Waals surface area contributed by atoms with Crippen LogP contribution in [0, 0.1) is 11.8 Å². The largest absolute Gasteiger partial charge is 0.393 e. The molecule has 0 radical (unpaired) electrons. The van der Waals surface area contributed by atoms with Crippen molar-refractivity contribution >= 4 is 0 Å². The molecule has 0 bridgehead atoms. The minimum absolute atomic E-state index is 0.161. The van der Waals surface area contributed by atoms with E-state index in [1.54, 1.807) is 0 Å². The molecule has 1 N–H and O–H groups in total. The van der Waals surface area contributed by atoms with Crippen molar-refractivity contribution in [1.82, 2.24) is 0 Å². The summed E-state index contributed by atoms with van der Waals surface area (Å²) >= 11 is 0. The minimum atomic E-state index is -0.161. The summed E-state index contributed by atoms with van der Waals surface area (Å²) in [5.41, 5.74) is 0. The van der Waals surface area contributed by atoms with E-state index in [0.717, 1.165) is 19.6 Å². The van der Waals surface area contributed by atoms with Crippen LogP contribution in [0.25, 0.3) is 0 Å². The van der Waals surface area contributed by atoms with Crippen LogP contribution >= 0.6 is 0 Å². The Morgan fingerprint density at radius 2 is 2.27 bits per heavy atom. The maximum absolute atomic E-state index is 9.14. The van der Waals surface area contributed by atoms with Crippen LogP contribution in [-0.4, -0.2) is 24.4 Å². The smallest absolute Gasteiger partial charge is 0.0514 e. The first-order valence-corrected chi connectivity index (χ1v) is 4.46. The van der Waals surface area contributed by atoms with E-state index in [4.69, 9.17) is 9.84 Å². The molecule has 66 valence electrons. The molecule has 3 unspecified atom stereocenters. The van der Waals surface area contributed by atoms with Crippen molar-refractivity contribution in [1.29, 1.82) is 0 Å². The first-order valence-electron chi connectivity index (χ1n) is 4.46. The second kappa shape index (κ2) is 4.07. The molecule has 11 heavy (non-hydrogen) atoms. The van der Waals surface area contributed by atoms with Crippen molar-refractivity contribution in [3.05, 3.63) is 0 Å². The molecular formula is C9H18O2. The van der Waals surface area contributed by atoms with E-state index in [-0.39, 0.29) is 6.10 Å². The van der Waals surface area contributed by atoms with Gasteiger partial charge in [-0.25, -0.2) is 0 Å². The fraction of sp³-hybridized carbons (Fsp3) is 1.00. The van der Waals surface area contributed by atoms with Gasteiger partial charge in [-0.15, -0.1) is 0 Å². The third-order valence-corrected chi connectivity index (χ3v) is 2.48. The van der Waals surface area contributed by atoms with Crippen molar-refractivity contribution in [3.63, 3.8) is 0 Å². The van der Waals surface area contributed by atoms with Gasteiger partial charge in [-0.05, 0) is 31.6 Å². The van der Waals surface area contributed by atoms with E-state index in [1.807, 2.05) is 6.92 Å². The maximum Gasteiger partial charge on any atom is 0.0514 e. The Hall–Kier alpha value is -0.0800. The number of aliphatic hydroxyl groups excluding tert-OH is 1. The molecule has 1 fully saturated rings. The second-order valence-electron chi connectivity index (χ2n) is 3.69. The molecule has 0 aliphatic carbocycles. The van der Waals surface area contributed by atoms with Crippen LogP contribution in [0.3, 0.4) is 0 Å². The van der Waals surface area contributed by atoms with Gasteiger partial charge < -0.3 is 9.84 Å². The molecule has 2 heteroatoms. The Kier molecular flexibility index (Phi) is 3.34. The lowest BCUT2D eigenvalue weighted by Crippen LogP contribution is -2.16. The van der Waals surface area contributed by atoms with Gasteiger partial charge in [0.2, 0.25) is 0 Å². The first-order chi connectivity index (χ1) is 5.20. The molecule has 1 heterocycles. The average Bonchev–Trinajstić information content (AvgIpc) is 2.35. The van der Waals surface area contributed by atoms with Crippen molar-refractivity contribution in [2.45, 2.75) is 32.8 Å². The zero-order valence-electron chi connectivity index (χ0n) is 7.42. The highest BCUT2D eigenvalue weighted by molar-refractivity contribution is 4.71. The highest BCUT2D eigenvalue weighted by Gasteiger charge is 2.22. The Bertz CT molecular complexity index is 106. The second-order valence-corrected chi connectivity index (χ2v) is 3.69. The van der Waals surface area contributed by atoms with E-state index < -0.39 is 0 Å². The quantitative estimate of drug-likeness (QED) is 0.673. The summed E-state index contributed by atoms with van der Waals surface area (Å²) in [4.78, 5) is 0. The predicted octanol–water partition coefficient (Wildman–Crippen LogP) is 1.43. The average molecular weight is 158 g/mol. The number of hydrogen-bond donors (Lipinski definition) is 1. The van der Waals surface area contributed by atoms with Crippen LogP contribution in [0.4, 0.5) is 0 Å². The maximum atomic E-state index is 9.14. The highest BCUT2D eigenvalue weighted by atomic mass is 16.5. The number of aliphatic hydroxyl groups is 1. The Balaban J connectivity index is 2.22. The van der Waals surface area contributed by atoms with Crippen LogP contribution in [0.15, 0.2) is 0 Å². The molecule has 0 amide bonds. The van der Waals surface area contributed by atoms with Crippen LogP contribution < -0.4 is 0 Å². The van der Waals surface area contributed by atoms with E-state index >= 15 is 0 Å². The lowest BCUT2D eigenvalue weighted by molar-refractivity contribution is 0.132. The molecule has 0 aromatic carbocycles.